The van der Waals surface area contributed by atoms with Crippen LogP contribution in [0.5, 0.6) is 5.75 Å². The van der Waals surface area contributed by atoms with E-state index in [-0.39, 0.29) is 28.5 Å². The van der Waals surface area contributed by atoms with Gasteiger partial charge in [-0.15, -0.1) is 0 Å². The highest BCUT2D eigenvalue weighted by Gasteiger charge is 2.30. The lowest BCUT2D eigenvalue weighted by molar-refractivity contribution is 0.165. The van der Waals surface area contributed by atoms with E-state index in [4.69, 9.17) is 15.2 Å². The first kappa shape index (κ1) is 18.6. The minimum Gasteiger partial charge on any atom is -0.490 e. The third-order valence-electron chi connectivity index (χ3n) is 4.98. The fourth-order valence-electron chi connectivity index (χ4n) is 3.43. The number of benzene rings is 1. The van der Waals surface area contributed by atoms with Crippen molar-refractivity contribution in [3.8, 4) is 5.75 Å². The number of halogens is 1. The van der Waals surface area contributed by atoms with Crippen LogP contribution in [-0.2, 0) is 14.8 Å². The largest absolute Gasteiger partial charge is 0.490 e. The lowest BCUT2D eigenvalue weighted by Gasteiger charge is -2.19. The maximum absolute atomic E-state index is 14.2. The van der Waals surface area contributed by atoms with Crippen molar-refractivity contribution >= 4 is 10.0 Å². The SMILES string of the molecule is NCC1CCCC1NS(=O)(=O)c1ccc(OCC2CCOC2)c(F)c1. The molecule has 2 fully saturated rings. The van der Waals surface area contributed by atoms with Crippen LogP contribution in [0.25, 0.3) is 0 Å². The van der Waals surface area contributed by atoms with Gasteiger partial charge in [-0.05, 0) is 49.9 Å². The van der Waals surface area contributed by atoms with Crippen LogP contribution in [0.4, 0.5) is 4.39 Å². The lowest BCUT2D eigenvalue weighted by Crippen LogP contribution is -2.39. The van der Waals surface area contributed by atoms with Gasteiger partial charge in [0, 0.05) is 18.6 Å². The fraction of sp³-hybridized carbons (Fsp3) is 0.647. The second-order valence-electron chi connectivity index (χ2n) is 6.79. The van der Waals surface area contributed by atoms with E-state index < -0.39 is 15.8 Å². The molecule has 3 rings (SSSR count). The minimum atomic E-state index is -3.78. The average Bonchev–Trinajstić information content (AvgIpc) is 3.24. The summed E-state index contributed by atoms with van der Waals surface area (Å²) in [5, 5.41) is 0. The molecule has 25 heavy (non-hydrogen) atoms. The summed E-state index contributed by atoms with van der Waals surface area (Å²) in [4.78, 5) is -0.0933. The molecule has 0 amide bonds. The summed E-state index contributed by atoms with van der Waals surface area (Å²) in [5.74, 6) is -0.231. The first-order chi connectivity index (χ1) is 12.0. The summed E-state index contributed by atoms with van der Waals surface area (Å²) < 4.78 is 52.6. The molecule has 6 nitrogen and oxygen atoms in total. The molecular weight excluding hydrogens is 347 g/mol. The van der Waals surface area contributed by atoms with E-state index in [0.717, 1.165) is 31.7 Å². The van der Waals surface area contributed by atoms with Crippen molar-refractivity contribution in [1.82, 2.24) is 4.72 Å². The molecular formula is C17H25FN2O4S. The van der Waals surface area contributed by atoms with Gasteiger partial charge in [-0.25, -0.2) is 17.5 Å². The van der Waals surface area contributed by atoms with E-state index in [1.807, 2.05) is 0 Å². The molecule has 3 N–H and O–H groups in total. The van der Waals surface area contributed by atoms with Gasteiger partial charge in [-0.1, -0.05) is 6.42 Å². The first-order valence-corrected chi connectivity index (χ1v) is 10.2. The zero-order valence-corrected chi connectivity index (χ0v) is 14.9. The van der Waals surface area contributed by atoms with Gasteiger partial charge in [0.25, 0.3) is 0 Å². The molecule has 1 aromatic rings. The van der Waals surface area contributed by atoms with E-state index in [1.165, 1.54) is 12.1 Å². The Balaban J connectivity index is 1.66. The third-order valence-corrected chi connectivity index (χ3v) is 6.47. The van der Waals surface area contributed by atoms with Crippen molar-refractivity contribution in [1.29, 1.82) is 0 Å². The van der Waals surface area contributed by atoms with E-state index >= 15 is 0 Å². The molecule has 0 radical (unpaired) electrons. The number of nitrogens with one attached hydrogen (secondary N) is 1. The van der Waals surface area contributed by atoms with E-state index in [9.17, 15) is 12.8 Å². The Morgan fingerprint density at radius 1 is 1.32 bits per heavy atom. The molecule has 1 saturated carbocycles. The van der Waals surface area contributed by atoms with E-state index in [2.05, 4.69) is 4.72 Å². The predicted octanol–water partition coefficient (Wildman–Crippen LogP) is 1.65. The summed E-state index contributed by atoms with van der Waals surface area (Å²) in [6.07, 6.45) is 3.51. The van der Waals surface area contributed by atoms with Gasteiger partial charge in [-0.3, -0.25) is 0 Å². The molecule has 140 valence electrons. The molecule has 3 atom stereocenters. The van der Waals surface area contributed by atoms with Gasteiger partial charge in [0.2, 0.25) is 10.0 Å². The second kappa shape index (κ2) is 7.99. The van der Waals surface area contributed by atoms with Crippen LogP contribution in [0.1, 0.15) is 25.7 Å². The van der Waals surface area contributed by atoms with E-state index in [1.54, 1.807) is 0 Å². The third kappa shape index (κ3) is 4.49. The summed E-state index contributed by atoms with van der Waals surface area (Å²) >= 11 is 0. The van der Waals surface area contributed by atoms with Crippen molar-refractivity contribution in [3.05, 3.63) is 24.0 Å². The zero-order valence-electron chi connectivity index (χ0n) is 14.1. The van der Waals surface area contributed by atoms with Crippen LogP contribution < -0.4 is 15.2 Å². The minimum absolute atomic E-state index is 0.0616. The van der Waals surface area contributed by atoms with Crippen LogP contribution >= 0.6 is 0 Å². The number of ether oxygens (including phenoxy) is 2. The van der Waals surface area contributed by atoms with Crippen molar-refractivity contribution < 1.29 is 22.3 Å². The Bertz CT molecular complexity index is 692. The van der Waals surface area contributed by atoms with Crippen LogP contribution in [-0.4, -0.2) is 40.8 Å². The highest BCUT2D eigenvalue weighted by atomic mass is 32.2. The molecule has 1 aromatic carbocycles. The summed E-state index contributed by atoms with van der Waals surface area (Å²) in [6.45, 7) is 2.12. The Hall–Kier alpha value is -1.22. The first-order valence-electron chi connectivity index (χ1n) is 8.72. The monoisotopic (exact) mass is 372 g/mol. The molecule has 0 spiro atoms. The molecule has 1 aliphatic carbocycles. The van der Waals surface area contributed by atoms with Gasteiger partial charge in [0.15, 0.2) is 11.6 Å². The topological polar surface area (TPSA) is 90.7 Å². The molecule has 0 bridgehead atoms. The van der Waals surface area contributed by atoms with Crippen LogP contribution in [0.2, 0.25) is 0 Å². The standard InChI is InChI=1S/C17H25FN2O4S/c18-15-8-14(4-5-17(15)24-11-12-6-7-23-10-12)25(21,22)20-16-3-1-2-13(16)9-19/h4-5,8,12-13,16,20H,1-3,6-7,9-11,19H2. The maximum Gasteiger partial charge on any atom is 0.240 e. The number of hydrogen-bond acceptors (Lipinski definition) is 5. The normalized spacial score (nSPS) is 26.9. The Morgan fingerprint density at radius 3 is 2.84 bits per heavy atom. The van der Waals surface area contributed by atoms with Gasteiger partial charge < -0.3 is 15.2 Å². The van der Waals surface area contributed by atoms with Crippen LogP contribution in [0, 0.1) is 17.7 Å². The molecule has 0 aromatic heterocycles. The molecule has 8 heteroatoms. The Kier molecular flexibility index (Phi) is 5.93. The fourth-order valence-corrected chi connectivity index (χ4v) is 4.78. The van der Waals surface area contributed by atoms with Crippen molar-refractivity contribution in [2.45, 2.75) is 36.6 Å². The number of sulfonamides is 1. The number of hydrogen-bond donors (Lipinski definition) is 2. The maximum atomic E-state index is 14.2. The Morgan fingerprint density at radius 2 is 2.16 bits per heavy atom. The number of nitrogens with two attached hydrogens (primary N) is 1. The van der Waals surface area contributed by atoms with Crippen molar-refractivity contribution in [2.24, 2.45) is 17.6 Å². The molecule has 2 aliphatic rings. The molecule has 1 saturated heterocycles. The second-order valence-corrected chi connectivity index (χ2v) is 8.50. The highest BCUT2D eigenvalue weighted by Crippen LogP contribution is 2.27. The summed E-state index contributed by atoms with van der Waals surface area (Å²) in [5.41, 5.74) is 5.69. The summed E-state index contributed by atoms with van der Waals surface area (Å²) in [7, 11) is -3.78. The van der Waals surface area contributed by atoms with E-state index in [0.29, 0.717) is 26.4 Å². The molecule has 3 unspecified atom stereocenters. The smallest absolute Gasteiger partial charge is 0.240 e. The van der Waals surface area contributed by atoms with Gasteiger partial charge >= 0.3 is 0 Å². The predicted molar refractivity (Wildman–Crippen MR) is 91.3 cm³/mol. The quantitative estimate of drug-likeness (QED) is 0.759. The van der Waals surface area contributed by atoms with Crippen LogP contribution in [0.15, 0.2) is 23.1 Å². The van der Waals surface area contributed by atoms with Crippen molar-refractivity contribution in [3.63, 3.8) is 0 Å². The van der Waals surface area contributed by atoms with Crippen LogP contribution in [0.3, 0.4) is 0 Å². The van der Waals surface area contributed by atoms with Crippen molar-refractivity contribution in [2.75, 3.05) is 26.4 Å². The zero-order chi connectivity index (χ0) is 17.9. The highest BCUT2D eigenvalue weighted by molar-refractivity contribution is 7.89. The van der Waals surface area contributed by atoms with Gasteiger partial charge in [0.05, 0.1) is 18.1 Å². The van der Waals surface area contributed by atoms with Gasteiger partial charge in [-0.2, -0.15) is 0 Å². The Labute approximate surface area is 147 Å². The molecule has 1 aliphatic heterocycles. The number of rotatable bonds is 7. The van der Waals surface area contributed by atoms with Gasteiger partial charge in [0.1, 0.15) is 0 Å². The lowest BCUT2D eigenvalue weighted by atomic mass is 10.1. The summed E-state index contributed by atoms with van der Waals surface area (Å²) in [6, 6.07) is 3.57. The molecule has 1 heterocycles. The average molecular weight is 372 g/mol.